The van der Waals surface area contributed by atoms with E-state index in [9.17, 15) is 0 Å². The predicted octanol–water partition coefficient (Wildman–Crippen LogP) is 2.46. The van der Waals surface area contributed by atoms with E-state index in [2.05, 4.69) is 41.3 Å². The van der Waals surface area contributed by atoms with Crippen LogP contribution in [0.4, 0.5) is 0 Å². The van der Waals surface area contributed by atoms with Gasteiger partial charge in [-0.1, -0.05) is 0 Å². The first-order valence-corrected chi connectivity index (χ1v) is 8.54. The number of hydrogen-bond acceptors (Lipinski definition) is 3. The number of aliphatic imine (C=N–C) groups is 1. The smallest absolute Gasteiger partial charge is 0.191 e. The highest BCUT2D eigenvalue weighted by Gasteiger charge is 2.21. The van der Waals surface area contributed by atoms with Gasteiger partial charge in [0.2, 0.25) is 0 Å². The number of halogens is 1. The molecule has 132 valence electrons. The van der Waals surface area contributed by atoms with Crippen LogP contribution >= 0.6 is 24.0 Å². The fourth-order valence-corrected chi connectivity index (χ4v) is 2.58. The van der Waals surface area contributed by atoms with Gasteiger partial charge < -0.3 is 20.3 Å². The minimum Gasteiger partial charge on any atom is -0.382 e. The van der Waals surface area contributed by atoms with Crippen molar-refractivity contribution < 1.29 is 4.74 Å². The number of hydrogen-bond donors (Lipinski definition) is 2. The molecule has 0 unspecified atom stereocenters. The Labute approximate surface area is 153 Å². The van der Waals surface area contributed by atoms with Crippen molar-refractivity contribution in [1.82, 2.24) is 15.5 Å². The number of nitrogens with one attached hydrogen (secondary N) is 2. The van der Waals surface area contributed by atoms with Gasteiger partial charge in [0.05, 0.1) is 0 Å². The summed E-state index contributed by atoms with van der Waals surface area (Å²) in [5.74, 6) is 0.956. The molecule has 0 radical (unpaired) electrons. The molecule has 1 aliphatic rings. The average Bonchev–Trinajstić information content (AvgIpc) is 2.47. The highest BCUT2D eigenvalue weighted by Crippen LogP contribution is 2.12. The molecule has 1 rings (SSSR count). The van der Waals surface area contributed by atoms with Crippen molar-refractivity contribution in [3.63, 3.8) is 0 Å². The van der Waals surface area contributed by atoms with Gasteiger partial charge in [-0.2, -0.15) is 0 Å². The molecular formula is C16H35IN4O. The highest BCUT2D eigenvalue weighted by molar-refractivity contribution is 14.0. The van der Waals surface area contributed by atoms with E-state index in [0.29, 0.717) is 12.1 Å². The first-order valence-electron chi connectivity index (χ1n) is 8.54. The Morgan fingerprint density at radius 3 is 2.50 bits per heavy atom. The van der Waals surface area contributed by atoms with Crippen molar-refractivity contribution in [2.24, 2.45) is 4.99 Å². The molecule has 0 aromatic heterocycles. The zero-order valence-corrected chi connectivity index (χ0v) is 17.1. The van der Waals surface area contributed by atoms with Gasteiger partial charge in [0.1, 0.15) is 0 Å². The van der Waals surface area contributed by atoms with Gasteiger partial charge in [0.15, 0.2) is 5.96 Å². The molecule has 5 nitrogen and oxygen atoms in total. The van der Waals surface area contributed by atoms with Crippen molar-refractivity contribution in [3.8, 4) is 0 Å². The lowest BCUT2D eigenvalue weighted by atomic mass is 10.0. The van der Waals surface area contributed by atoms with E-state index >= 15 is 0 Å². The summed E-state index contributed by atoms with van der Waals surface area (Å²) < 4.78 is 5.34. The van der Waals surface area contributed by atoms with E-state index in [0.717, 1.165) is 38.7 Å². The largest absolute Gasteiger partial charge is 0.382 e. The lowest BCUT2D eigenvalue weighted by molar-refractivity contribution is 0.146. The van der Waals surface area contributed by atoms with Gasteiger partial charge in [0.25, 0.3) is 0 Å². The second kappa shape index (κ2) is 13.4. The van der Waals surface area contributed by atoms with Gasteiger partial charge in [-0.3, -0.25) is 4.99 Å². The van der Waals surface area contributed by atoms with Crippen LogP contribution in [0.25, 0.3) is 0 Å². The molecule has 0 saturated carbocycles. The second-order valence-corrected chi connectivity index (χ2v) is 5.86. The van der Waals surface area contributed by atoms with Crippen molar-refractivity contribution >= 4 is 29.9 Å². The van der Waals surface area contributed by atoms with Crippen LogP contribution in [0.1, 0.15) is 47.0 Å². The summed E-state index contributed by atoms with van der Waals surface area (Å²) in [5.41, 5.74) is 0. The normalized spacial score (nSPS) is 17.4. The number of ether oxygens (including phenoxy) is 1. The van der Waals surface area contributed by atoms with Crippen LogP contribution in [0, 0.1) is 0 Å². The summed E-state index contributed by atoms with van der Waals surface area (Å²) in [7, 11) is 0. The van der Waals surface area contributed by atoms with Crippen LogP contribution in [-0.2, 0) is 4.74 Å². The third-order valence-electron chi connectivity index (χ3n) is 3.87. The minimum atomic E-state index is 0. The van der Waals surface area contributed by atoms with Gasteiger partial charge in [-0.05, 0) is 47.0 Å². The van der Waals surface area contributed by atoms with Gasteiger partial charge in [-0.15, -0.1) is 24.0 Å². The van der Waals surface area contributed by atoms with E-state index in [1.54, 1.807) is 0 Å². The predicted molar refractivity (Wildman–Crippen MR) is 105 cm³/mol. The van der Waals surface area contributed by atoms with Crippen LogP contribution in [0.15, 0.2) is 4.99 Å². The molecule has 2 N–H and O–H groups in total. The fraction of sp³-hybridized carbons (Fsp3) is 0.938. The summed E-state index contributed by atoms with van der Waals surface area (Å²) in [5, 5.41) is 6.92. The number of nitrogens with zero attached hydrogens (tertiary/aromatic N) is 2. The van der Waals surface area contributed by atoms with E-state index in [-0.39, 0.29) is 24.0 Å². The molecule has 1 fully saturated rings. The third-order valence-corrected chi connectivity index (χ3v) is 3.87. The van der Waals surface area contributed by atoms with Gasteiger partial charge in [-0.25, -0.2) is 0 Å². The van der Waals surface area contributed by atoms with Crippen LogP contribution in [0.2, 0.25) is 0 Å². The molecule has 1 aliphatic heterocycles. The topological polar surface area (TPSA) is 48.9 Å². The maximum Gasteiger partial charge on any atom is 0.191 e. The molecule has 0 aromatic carbocycles. The molecule has 22 heavy (non-hydrogen) atoms. The monoisotopic (exact) mass is 426 g/mol. The van der Waals surface area contributed by atoms with E-state index in [1.807, 2.05) is 6.92 Å². The molecule has 0 bridgehead atoms. The van der Waals surface area contributed by atoms with Crippen molar-refractivity contribution in [2.75, 3.05) is 39.4 Å². The van der Waals surface area contributed by atoms with Crippen LogP contribution < -0.4 is 10.6 Å². The quantitative estimate of drug-likeness (QED) is 0.271. The molecule has 0 aliphatic carbocycles. The zero-order chi connectivity index (χ0) is 15.5. The highest BCUT2D eigenvalue weighted by atomic mass is 127. The van der Waals surface area contributed by atoms with Crippen molar-refractivity contribution in [3.05, 3.63) is 0 Å². The fourth-order valence-electron chi connectivity index (χ4n) is 2.58. The molecule has 0 amide bonds. The van der Waals surface area contributed by atoms with Gasteiger partial charge in [0, 0.05) is 51.5 Å². The number of guanidine groups is 1. The summed E-state index contributed by atoms with van der Waals surface area (Å²) in [6, 6.07) is 1.20. The molecule has 1 heterocycles. The van der Waals surface area contributed by atoms with E-state index < -0.39 is 0 Å². The Kier molecular flexibility index (Phi) is 13.3. The molecule has 6 heteroatoms. The Balaban J connectivity index is 0.00000441. The molecule has 1 saturated heterocycles. The SMILES string of the molecule is CCNC(=NCCCOCC)NC1CCN(C(C)C)CC1.I. The molecular weight excluding hydrogens is 391 g/mol. The molecule has 0 atom stereocenters. The standard InChI is InChI=1S/C16H34N4O.HI/c1-5-17-16(18-10-7-13-21-6-2)19-15-8-11-20(12-9-15)14(3)4;/h14-15H,5-13H2,1-4H3,(H2,17,18,19);1H. The number of piperidine rings is 1. The Hall–Kier alpha value is -0.0800. The lowest BCUT2D eigenvalue weighted by Gasteiger charge is -2.35. The summed E-state index contributed by atoms with van der Waals surface area (Å²) in [4.78, 5) is 7.18. The minimum absolute atomic E-state index is 0. The first kappa shape index (κ1) is 21.9. The molecule has 0 spiro atoms. The Bertz CT molecular complexity index is 292. The summed E-state index contributed by atoms with van der Waals surface area (Å²) in [6.07, 6.45) is 3.37. The first-order chi connectivity index (χ1) is 10.2. The van der Waals surface area contributed by atoms with Crippen molar-refractivity contribution in [1.29, 1.82) is 0 Å². The Morgan fingerprint density at radius 2 is 1.95 bits per heavy atom. The summed E-state index contributed by atoms with van der Waals surface area (Å²) in [6.45, 7) is 14.4. The summed E-state index contributed by atoms with van der Waals surface area (Å²) >= 11 is 0. The van der Waals surface area contributed by atoms with E-state index in [1.165, 1.54) is 25.9 Å². The van der Waals surface area contributed by atoms with Gasteiger partial charge >= 0.3 is 0 Å². The third kappa shape index (κ3) is 9.15. The van der Waals surface area contributed by atoms with E-state index in [4.69, 9.17) is 4.74 Å². The zero-order valence-electron chi connectivity index (χ0n) is 14.7. The number of likely N-dealkylation sites (tertiary alicyclic amines) is 1. The van der Waals surface area contributed by atoms with Crippen molar-refractivity contribution in [2.45, 2.75) is 59.0 Å². The molecule has 0 aromatic rings. The van der Waals surface area contributed by atoms with Crippen LogP contribution in [0.3, 0.4) is 0 Å². The number of rotatable bonds is 8. The van der Waals surface area contributed by atoms with Crippen LogP contribution in [0.5, 0.6) is 0 Å². The Morgan fingerprint density at radius 1 is 1.27 bits per heavy atom. The second-order valence-electron chi connectivity index (χ2n) is 5.86. The average molecular weight is 426 g/mol. The maximum absolute atomic E-state index is 5.34. The lowest BCUT2D eigenvalue weighted by Crippen LogP contribution is -2.49. The maximum atomic E-state index is 5.34. The van der Waals surface area contributed by atoms with Crippen LogP contribution in [-0.4, -0.2) is 62.3 Å².